The first kappa shape index (κ1) is 22.6. The average molecular weight is 426 g/mol. The van der Waals surface area contributed by atoms with Crippen molar-refractivity contribution >= 4 is 11.8 Å². The van der Waals surface area contributed by atoms with Gasteiger partial charge in [0.1, 0.15) is 6.54 Å². The summed E-state index contributed by atoms with van der Waals surface area (Å²) in [4.78, 5) is 29.5. The van der Waals surface area contributed by atoms with E-state index in [0.29, 0.717) is 12.6 Å². The van der Waals surface area contributed by atoms with Crippen LogP contribution < -0.4 is 5.32 Å². The Morgan fingerprint density at radius 1 is 1.17 bits per heavy atom. The molecule has 2 saturated heterocycles. The summed E-state index contributed by atoms with van der Waals surface area (Å²) in [5.41, 5.74) is 1.27. The predicted octanol–water partition coefficient (Wildman–Crippen LogP) is 1.89. The Bertz CT molecular complexity index is 729. The lowest BCUT2D eigenvalue weighted by atomic mass is 10.0. The molecule has 0 spiro atoms. The monoisotopic (exact) mass is 426 g/mol. The zero-order valence-corrected chi connectivity index (χ0v) is 17.2. The van der Waals surface area contributed by atoms with Crippen LogP contribution in [0.5, 0.6) is 0 Å². The molecule has 0 bridgehead atoms. The van der Waals surface area contributed by atoms with Crippen LogP contribution in [0, 0.1) is 5.92 Å². The van der Waals surface area contributed by atoms with E-state index in [0.717, 1.165) is 37.5 Å². The van der Waals surface area contributed by atoms with Crippen LogP contribution in [0.2, 0.25) is 0 Å². The summed E-state index contributed by atoms with van der Waals surface area (Å²) < 4.78 is 37.5. The number of alkyl halides is 3. The summed E-state index contributed by atoms with van der Waals surface area (Å²) in [5, 5.41) is 2.80. The highest BCUT2D eigenvalue weighted by Gasteiger charge is 2.40. The maximum Gasteiger partial charge on any atom is 0.406 e. The van der Waals surface area contributed by atoms with Gasteiger partial charge in [-0.1, -0.05) is 30.3 Å². The van der Waals surface area contributed by atoms with Crippen molar-refractivity contribution in [1.82, 2.24) is 20.0 Å². The van der Waals surface area contributed by atoms with Crippen LogP contribution in [-0.4, -0.2) is 85.6 Å². The van der Waals surface area contributed by atoms with Gasteiger partial charge in [-0.2, -0.15) is 13.2 Å². The Balaban J connectivity index is 1.44. The third kappa shape index (κ3) is 6.18. The van der Waals surface area contributed by atoms with Gasteiger partial charge < -0.3 is 15.1 Å². The van der Waals surface area contributed by atoms with E-state index in [4.69, 9.17) is 0 Å². The second kappa shape index (κ2) is 9.78. The zero-order valence-electron chi connectivity index (χ0n) is 17.2. The molecule has 6 nitrogen and oxygen atoms in total. The van der Waals surface area contributed by atoms with E-state index in [1.54, 1.807) is 0 Å². The minimum Gasteiger partial charge on any atom is -0.356 e. The first-order valence-electron chi connectivity index (χ1n) is 10.3. The van der Waals surface area contributed by atoms with Crippen LogP contribution in [-0.2, 0) is 9.59 Å². The molecule has 2 atom stereocenters. The number of carbonyl (C=O) groups excluding carboxylic acids is 2. The number of likely N-dealkylation sites (tertiary alicyclic amines) is 1. The maximum atomic E-state index is 12.5. The van der Waals surface area contributed by atoms with Crippen molar-refractivity contribution in [3.8, 4) is 0 Å². The van der Waals surface area contributed by atoms with Gasteiger partial charge in [-0.05, 0) is 19.0 Å². The fourth-order valence-electron chi connectivity index (χ4n) is 4.17. The lowest BCUT2D eigenvalue weighted by molar-refractivity contribution is -0.157. The van der Waals surface area contributed by atoms with E-state index in [2.05, 4.69) is 34.3 Å². The summed E-state index contributed by atoms with van der Waals surface area (Å²) in [7, 11) is 2.11. The van der Waals surface area contributed by atoms with Gasteiger partial charge in [0.15, 0.2) is 0 Å². The summed E-state index contributed by atoms with van der Waals surface area (Å²) in [6.45, 7) is 2.66. The topological polar surface area (TPSA) is 55.9 Å². The van der Waals surface area contributed by atoms with E-state index >= 15 is 0 Å². The maximum absolute atomic E-state index is 12.5. The van der Waals surface area contributed by atoms with Gasteiger partial charge >= 0.3 is 6.18 Å². The van der Waals surface area contributed by atoms with Gasteiger partial charge in [-0.3, -0.25) is 14.5 Å². The van der Waals surface area contributed by atoms with Gasteiger partial charge in [0, 0.05) is 51.7 Å². The molecule has 0 aliphatic carbocycles. The second-order valence-corrected chi connectivity index (χ2v) is 8.16. The minimum atomic E-state index is -4.45. The Morgan fingerprint density at radius 3 is 2.60 bits per heavy atom. The van der Waals surface area contributed by atoms with Crippen molar-refractivity contribution in [2.24, 2.45) is 5.92 Å². The molecule has 2 fully saturated rings. The minimum absolute atomic E-state index is 0.156. The Labute approximate surface area is 175 Å². The van der Waals surface area contributed by atoms with Gasteiger partial charge in [0.2, 0.25) is 11.8 Å². The standard InChI is InChI=1S/C21H29F3N4O2/c1-26-10-11-27(18(14-26)16-6-3-2-4-7-16)9-5-8-25-20(30)17-12-19(29)28(13-17)15-21(22,23)24/h2-4,6-7,17-18H,5,8-15H2,1H3,(H,25,30)/t17-,18-/m0/s1. The van der Waals surface area contributed by atoms with E-state index in [1.165, 1.54) is 5.56 Å². The van der Waals surface area contributed by atoms with Crippen LogP contribution in [0.25, 0.3) is 0 Å². The number of halogens is 3. The van der Waals surface area contributed by atoms with Crippen molar-refractivity contribution in [2.75, 3.05) is 52.9 Å². The van der Waals surface area contributed by atoms with Crippen LogP contribution >= 0.6 is 0 Å². The van der Waals surface area contributed by atoms with E-state index in [-0.39, 0.29) is 18.9 Å². The molecule has 0 aromatic heterocycles. The predicted molar refractivity (Wildman–Crippen MR) is 107 cm³/mol. The molecule has 2 aliphatic heterocycles. The number of benzene rings is 1. The van der Waals surface area contributed by atoms with Crippen molar-refractivity contribution in [3.63, 3.8) is 0 Å². The van der Waals surface area contributed by atoms with Crippen LogP contribution in [0.15, 0.2) is 30.3 Å². The molecular weight excluding hydrogens is 397 g/mol. The van der Waals surface area contributed by atoms with Crippen LogP contribution in [0.4, 0.5) is 13.2 Å². The number of carbonyl (C=O) groups is 2. The SMILES string of the molecule is CN1CCN(CCCNC(=O)[C@H]2CC(=O)N(CC(F)(F)F)C2)[C@H](c2ccccc2)C1. The number of rotatable bonds is 7. The molecule has 1 N–H and O–H groups in total. The quantitative estimate of drug-likeness (QED) is 0.677. The third-order valence-electron chi connectivity index (χ3n) is 5.76. The molecule has 166 valence electrons. The van der Waals surface area contributed by atoms with Crippen molar-refractivity contribution in [3.05, 3.63) is 35.9 Å². The lowest BCUT2D eigenvalue weighted by Crippen LogP contribution is -2.47. The summed E-state index contributed by atoms with van der Waals surface area (Å²) in [5.74, 6) is -1.66. The first-order valence-corrected chi connectivity index (χ1v) is 10.3. The van der Waals surface area contributed by atoms with Gasteiger partial charge in [0.25, 0.3) is 0 Å². The second-order valence-electron chi connectivity index (χ2n) is 8.16. The largest absolute Gasteiger partial charge is 0.406 e. The number of piperazine rings is 1. The molecule has 3 rings (SSSR count). The van der Waals surface area contributed by atoms with Gasteiger partial charge in [-0.25, -0.2) is 0 Å². The Morgan fingerprint density at radius 2 is 1.90 bits per heavy atom. The highest BCUT2D eigenvalue weighted by molar-refractivity contribution is 5.89. The molecule has 0 unspecified atom stereocenters. The molecule has 0 saturated carbocycles. The molecule has 1 aromatic carbocycles. The van der Waals surface area contributed by atoms with Crippen LogP contribution in [0.1, 0.15) is 24.4 Å². The summed E-state index contributed by atoms with van der Waals surface area (Å²) >= 11 is 0. The highest BCUT2D eigenvalue weighted by Crippen LogP contribution is 2.25. The fraction of sp³-hybridized carbons (Fsp3) is 0.619. The molecule has 2 amide bonds. The van der Waals surface area contributed by atoms with Crippen molar-refractivity contribution < 1.29 is 22.8 Å². The summed E-state index contributed by atoms with van der Waals surface area (Å²) in [6, 6.07) is 10.6. The van der Waals surface area contributed by atoms with Crippen LogP contribution in [0.3, 0.4) is 0 Å². The lowest BCUT2D eigenvalue weighted by Gasteiger charge is -2.40. The van der Waals surface area contributed by atoms with E-state index in [9.17, 15) is 22.8 Å². The zero-order chi connectivity index (χ0) is 21.7. The van der Waals surface area contributed by atoms with Crippen molar-refractivity contribution in [1.29, 1.82) is 0 Å². The van der Waals surface area contributed by atoms with E-state index < -0.39 is 24.5 Å². The molecular formula is C21H29F3N4O2. The number of likely N-dealkylation sites (N-methyl/N-ethyl adjacent to an activating group) is 1. The number of nitrogens with one attached hydrogen (secondary N) is 1. The van der Waals surface area contributed by atoms with E-state index in [1.807, 2.05) is 18.2 Å². The molecule has 30 heavy (non-hydrogen) atoms. The normalized spacial score (nSPS) is 23.7. The number of hydrogen-bond acceptors (Lipinski definition) is 4. The average Bonchev–Trinajstić information content (AvgIpc) is 3.05. The van der Waals surface area contributed by atoms with Crippen molar-refractivity contribution in [2.45, 2.75) is 25.1 Å². The Hall–Kier alpha value is -2.13. The number of amides is 2. The molecule has 2 heterocycles. The molecule has 1 aromatic rings. The highest BCUT2D eigenvalue weighted by atomic mass is 19.4. The smallest absolute Gasteiger partial charge is 0.356 e. The number of hydrogen-bond donors (Lipinski definition) is 1. The Kier molecular flexibility index (Phi) is 7.36. The third-order valence-corrected chi connectivity index (χ3v) is 5.76. The molecule has 2 aliphatic rings. The number of nitrogens with zero attached hydrogens (tertiary/aromatic N) is 3. The first-order chi connectivity index (χ1) is 14.2. The molecule has 0 radical (unpaired) electrons. The van der Waals surface area contributed by atoms with Gasteiger partial charge in [-0.15, -0.1) is 0 Å². The molecule has 9 heteroatoms. The fourth-order valence-corrected chi connectivity index (χ4v) is 4.17. The van der Waals surface area contributed by atoms with Gasteiger partial charge in [0.05, 0.1) is 5.92 Å². The summed E-state index contributed by atoms with van der Waals surface area (Å²) in [6.07, 6.45) is -3.86.